The second kappa shape index (κ2) is 9.09. The summed E-state index contributed by atoms with van der Waals surface area (Å²) >= 11 is 5.88. The lowest BCUT2D eigenvalue weighted by molar-refractivity contribution is 0.0743. The van der Waals surface area contributed by atoms with Crippen LogP contribution in [0.3, 0.4) is 0 Å². The molecule has 1 aliphatic heterocycles. The maximum absolute atomic E-state index is 12.6. The largest absolute Gasteiger partial charge is 0.489 e. The number of carbonyl (C=O) groups is 1. The summed E-state index contributed by atoms with van der Waals surface area (Å²) in [5.41, 5.74) is 1.68. The predicted molar refractivity (Wildman–Crippen MR) is 103 cm³/mol. The van der Waals surface area contributed by atoms with E-state index in [1.54, 1.807) is 6.07 Å². The molecule has 6 heteroatoms. The predicted octanol–water partition coefficient (Wildman–Crippen LogP) is 3.77. The molecule has 1 unspecified atom stereocenters. The van der Waals surface area contributed by atoms with Crippen LogP contribution in [0, 0.1) is 0 Å². The first-order valence-corrected chi connectivity index (χ1v) is 8.46. The molecule has 0 radical (unpaired) electrons. The summed E-state index contributed by atoms with van der Waals surface area (Å²) in [6.07, 6.45) is 0.995. The minimum absolute atomic E-state index is 0. The van der Waals surface area contributed by atoms with Crippen molar-refractivity contribution in [2.45, 2.75) is 19.1 Å². The van der Waals surface area contributed by atoms with Crippen molar-refractivity contribution in [3.05, 3.63) is 64.7 Å². The lowest BCUT2D eigenvalue weighted by Gasteiger charge is -2.24. The zero-order chi connectivity index (χ0) is 16.9. The third kappa shape index (κ3) is 5.11. The summed E-state index contributed by atoms with van der Waals surface area (Å²) in [4.78, 5) is 14.4. The van der Waals surface area contributed by atoms with Crippen molar-refractivity contribution in [1.29, 1.82) is 0 Å². The Morgan fingerprint density at radius 1 is 1.28 bits per heavy atom. The standard InChI is InChI=1S/C19H21ClN2O2.ClH/c1-22(17-9-10-21-12-17)19(23)15-3-2-4-18(11-15)24-13-14-5-7-16(20)8-6-14;/h2-8,11,17,21H,9-10,12-13H2,1H3;1H. The molecule has 0 aromatic heterocycles. The van der Waals surface area contributed by atoms with Crippen LogP contribution < -0.4 is 10.1 Å². The molecule has 0 bridgehead atoms. The molecule has 1 atom stereocenters. The highest BCUT2D eigenvalue weighted by Crippen LogP contribution is 2.19. The van der Waals surface area contributed by atoms with Crippen LogP contribution in [0.25, 0.3) is 0 Å². The quantitative estimate of drug-likeness (QED) is 0.857. The third-order valence-electron chi connectivity index (χ3n) is 4.30. The number of carbonyl (C=O) groups excluding carboxylic acids is 1. The Hall–Kier alpha value is -1.75. The second-order valence-corrected chi connectivity index (χ2v) is 6.44. The highest BCUT2D eigenvalue weighted by atomic mass is 35.5. The average molecular weight is 381 g/mol. The summed E-state index contributed by atoms with van der Waals surface area (Å²) in [6, 6.07) is 15.1. The van der Waals surface area contributed by atoms with Crippen LogP contribution in [0.5, 0.6) is 5.75 Å². The Labute approximate surface area is 159 Å². The number of amides is 1. The fourth-order valence-electron chi connectivity index (χ4n) is 2.81. The van der Waals surface area contributed by atoms with Crippen LogP contribution in [-0.4, -0.2) is 37.0 Å². The number of likely N-dealkylation sites (N-methyl/N-ethyl adjacent to an activating group) is 1. The van der Waals surface area contributed by atoms with Crippen molar-refractivity contribution in [3.63, 3.8) is 0 Å². The first-order valence-electron chi connectivity index (χ1n) is 8.08. The fourth-order valence-corrected chi connectivity index (χ4v) is 2.93. The van der Waals surface area contributed by atoms with E-state index in [-0.39, 0.29) is 24.4 Å². The lowest BCUT2D eigenvalue weighted by Crippen LogP contribution is -2.38. The molecule has 4 nitrogen and oxygen atoms in total. The highest BCUT2D eigenvalue weighted by Gasteiger charge is 2.24. The second-order valence-electron chi connectivity index (χ2n) is 6.01. The van der Waals surface area contributed by atoms with E-state index in [4.69, 9.17) is 16.3 Å². The first-order chi connectivity index (χ1) is 11.6. The van der Waals surface area contributed by atoms with E-state index < -0.39 is 0 Å². The van der Waals surface area contributed by atoms with Gasteiger partial charge in [-0.15, -0.1) is 12.4 Å². The van der Waals surface area contributed by atoms with E-state index in [1.807, 2.05) is 54.4 Å². The number of ether oxygens (including phenoxy) is 1. The molecule has 0 saturated carbocycles. The topological polar surface area (TPSA) is 41.6 Å². The van der Waals surface area contributed by atoms with Gasteiger partial charge in [0.2, 0.25) is 0 Å². The van der Waals surface area contributed by atoms with Crippen molar-refractivity contribution < 1.29 is 9.53 Å². The number of nitrogens with zero attached hydrogens (tertiary/aromatic N) is 1. The van der Waals surface area contributed by atoms with Crippen LogP contribution in [0.2, 0.25) is 5.02 Å². The molecule has 2 aromatic carbocycles. The molecular formula is C19H22Cl2N2O2. The lowest BCUT2D eigenvalue weighted by atomic mass is 10.1. The first kappa shape index (κ1) is 19.6. The Balaban J connectivity index is 0.00000225. The number of nitrogens with one attached hydrogen (secondary N) is 1. The summed E-state index contributed by atoms with van der Waals surface area (Å²) in [7, 11) is 1.86. The van der Waals surface area contributed by atoms with Gasteiger partial charge in [-0.05, 0) is 48.9 Å². The van der Waals surface area contributed by atoms with E-state index >= 15 is 0 Å². The van der Waals surface area contributed by atoms with Gasteiger partial charge >= 0.3 is 0 Å². The van der Waals surface area contributed by atoms with E-state index in [2.05, 4.69) is 5.32 Å². The van der Waals surface area contributed by atoms with Crippen molar-refractivity contribution in [1.82, 2.24) is 10.2 Å². The number of halogens is 2. The normalized spacial score (nSPS) is 16.2. The highest BCUT2D eigenvalue weighted by molar-refractivity contribution is 6.30. The molecule has 1 saturated heterocycles. The number of rotatable bonds is 5. The molecule has 1 heterocycles. The molecule has 0 aliphatic carbocycles. The van der Waals surface area contributed by atoms with Gasteiger partial charge in [0.1, 0.15) is 12.4 Å². The van der Waals surface area contributed by atoms with Gasteiger partial charge in [-0.3, -0.25) is 4.79 Å². The van der Waals surface area contributed by atoms with Gasteiger partial charge in [-0.25, -0.2) is 0 Å². The summed E-state index contributed by atoms with van der Waals surface area (Å²) < 4.78 is 5.80. The zero-order valence-corrected chi connectivity index (χ0v) is 15.6. The number of hydrogen-bond acceptors (Lipinski definition) is 3. The molecule has 3 rings (SSSR count). The van der Waals surface area contributed by atoms with E-state index in [0.29, 0.717) is 22.9 Å². The molecular weight excluding hydrogens is 359 g/mol. The van der Waals surface area contributed by atoms with Gasteiger partial charge in [0.05, 0.1) is 0 Å². The van der Waals surface area contributed by atoms with Gasteiger partial charge in [-0.1, -0.05) is 29.8 Å². The van der Waals surface area contributed by atoms with Crippen LogP contribution in [-0.2, 0) is 6.61 Å². The summed E-state index contributed by atoms with van der Waals surface area (Å²) in [6.45, 7) is 2.26. The van der Waals surface area contributed by atoms with Gasteiger partial charge in [0, 0.05) is 30.2 Å². The maximum Gasteiger partial charge on any atom is 0.254 e. The average Bonchev–Trinajstić information content (AvgIpc) is 3.15. The van der Waals surface area contributed by atoms with Gasteiger partial charge < -0.3 is 15.0 Å². The van der Waals surface area contributed by atoms with Crippen LogP contribution in [0.15, 0.2) is 48.5 Å². The van der Waals surface area contributed by atoms with Crippen LogP contribution in [0.4, 0.5) is 0 Å². The Morgan fingerprint density at radius 2 is 2.04 bits per heavy atom. The molecule has 2 aromatic rings. The molecule has 1 amide bonds. The third-order valence-corrected chi connectivity index (χ3v) is 4.55. The van der Waals surface area contributed by atoms with E-state index in [0.717, 1.165) is 25.1 Å². The summed E-state index contributed by atoms with van der Waals surface area (Å²) in [5, 5.41) is 3.99. The Kier molecular flexibility index (Phi) is 7.12. The molecule has 0 spiro atoms. The molecule has 134 valence electrons. The fraction of sp³-hybridized carbons (Fsp3) is 0.316. The molecule has 1 N–H and O–H groups in total. The van der Waals surface area contributed by atoms with Crippen molar-refractivity contribution in [2.75, 3.05) is 20.1 Å². The monoisotopic (exact) mass is 380 g/mol. The molecule has 1 aliphatic rings. The molecule has 1 fully saturated rings. The van der Waals surface area contributed by atoms with Gasteiger partial charge in [-0.2, -0.15) is 0 Å². The zero-order valence-electron chi connectivity index (χ0n) is 14.1. The maximum atomic E-state index is 12.6. The van der Waals surface area contributed by atoms with Crippen LogP contribution >= 0.6 is 24.0 Å². The van der Waals surface area contributed by atoms with Crippen LogP contribution in [0.1, 0.15) is 22.3 Å². The molecule has 25 heavy (non-hydrogen) atoms. The smallest absolute Gasteiger partial charge is 0.254 e. The van der Waals surface area contributed by atoms with E-state index in [9.17, 15) is 4.79 Å². The van der Waals surface area contributed by atoms with Crippen molar-refractivity contribution in [2.24, 2.45) is 0 Å². The van der Waals surface area contributed by atoms with Crippen molar-refractivity contribution >= 4 is 29.9 Å². The minimum atomic E-state index is 0. The van der Waals surface area contributed by atoms with Gasteiger partial charge in [0.25, 0.3) is 5.91 Å². The Bertz CT molecular complexity index is 701. The SMILES string of the molecule is CN(C(=O)c1cccc(OCc2ccc(Cl)cc2)c1)C1CCNC1.Cl. The summed E-state index contributed by atoms with van der Waals surface area (Å²) in [5.74, 6) is 0.717. The van der Waals surface area contributed by atoms with Crippen molar-refractivity contribution in [3.8, 4) is 5.75 Å². The van der Waals surface area contributed by atoms with Gasteiger partial charge in [0.15, 0.2) is 0 Å². The minimum Gasteiger partial charge on any atom is -0.489 e. The number of benzene rings is 2. The van der Waals surface area contributed by atoms with E-state index in [1.165, 1.54) is 0 Å². The number of hydrogen-bond donors (Lipinski definition) is 1. The Morgan fingerprint density at radius 3 is 2.72 bits per heavy atom.